The van der Waals surface area contributed by atoms with Crippen LogP contribution in [0.4, 0.5) is 5.69 Å². The third-order valence-electron chi connectivity index (χ3n) is 3.24. The van der Waals surface area contributed by atoms with Crippen molar-refractivity contribution in [2.75, 3.05) is 5.32 Å². The standard InChI is InChI=1S/C15H22N2O4/c1-9(4-3-5-10(2)16)14(19)17-13-7-6-11(18)8-12(13)15(20)21/h6-10,18H,3-5,16H2,1-2H3,(H,17,19)(H,20,21). The number of carbonyl (C=O) groups is 2. The van der Waals surface area contributed by atoms with Crippen LogP contribution in [0.1, 0.15) is 43.5 Å². The number of nitrogens with two attached hydrogens (primary N) is 1. The van der Waals surface area contributed by atoms with Crippen molar-refractivity contribution in [2.45, 2.75) is 39.2 Å². The quantitative estimate of drug-likeness (QED) is 0.576. The summed E-state index contributed by atoms with van der Waals surface area (Å²) in [4.78, 5) is 23.1. The zero-order chi connectivity index (χ0) is 16.0. The summed E-state index contributed by atoms with van der Waals surface area (Å²) in [7, 11) is 0. The molecule has 0 aliphatic rings. The number of carboxylic acid groups (broad SMARTS) is 1. The first-order valence-electron chi connectivity index (χ1n) is 6.94. The Morgan fingerprint density at radius 2 is 1.95 bits per heavy atom. The van der Waals surface area contributed by atoms with Gasteiger partial charge in [0.2, 0.25) is 5.91 Å². The molecule has 2 atom stereocenters. The molecule has 0 aromatic heterocycles. The molecule has 0 saturated carbocycles. The number of anilines is 1. The van der Waals surface area contributed by atoms with E-state index >= 15 is 0 Å². The summed E-state index contributed by atoms with van der Waals surface area (Å²) >= 11 is 0. The fourth-order valence-electron chi connectivity index (χ4n) is 1.95. The van der Waals surface area contributed by atoms with Crippen molar-refractivity contribution in [1.29, 1.82) is 0 Å². The van der Waals surface area contributed by atoms with Gasteiger partial charge in [0, 0.05) is 12.0 Å². The Bertz CT molecular complexity index is 514. The molecule has 1 aromatic rings. The highest BCUT2D eigenvalue weighted by Gasteiger charge is 2.17. The molecule has 0 aliphatic heterocycles. The SMILES string of the molecule is CC(N)CCCC(C)C(=O)Nc1ccc(O)cc1C(=O)O. The number of benzene rings is 1. The number of phenols is 1. The van der Waals surface area contributed by atoms with Gasteiger partial charge in [-0.3, -0.25) is 4.79 Å². The Hall–Kier alpha value is -2.08. The zero-order valence-electron chi connectivity index (χ0n) is 12.3. The number of carbonyl (C=O) groups excluding carboxylic acids is 1. The van der Waals surface area contributed by atoms with E-state index in [1.54, 1.807) is 6.92 Å². The van der Waals surface area contributed by atoms with Crippen LogP contribution in [0, 0.1) is 5.92 Å². The zero-order valence-corrected chi connectivity index (χ0v) is 12.3. The summed E-state index contributed by atoms with van der Waals surface area (Å²) in [5, 5.41) is 21.0. The van der Waals surface area contributed by atoms with Gasteiger partial charge in [0.25, 0.3) is 0 Å². The predicted octanol–water partition coefficient (Wildman–Crippen LogP) is 2.18. The second-order valence-corrected chi connectivity index (χ2v) is 5.33. The number of aromatic carboxylic acids is 1. The van der Waals surface area contributed by atoms with Gasteiger partial charge >= 0.3 is 5.97 Å². The third-order valence-corrected chi connectivity index (χ3v) is 3.24. The number of amides is 1. The molecule has 1 rings (SSSR count). The minimum Gasteiger partial charge on any atom is -0.508 e. The van der Waals surface area contributed by atoms with Gasteiger partial charge in [0.1, 0.15) is 5.75 Å². The topological polar surface area (TPSA) is 113 Å². The average molecular weight is 294 g/mol. The van der Waals surface area contributed by atoms with Crippen LogP contribution in [0.25, 0.3) is 0 Å². The molecule has 0 saturated heterocycles. The van der Waals surface area contributed by atoms with Gasteiger partial charge in [0.05, 0.1) is 11.3 Å². The molecule has 6 heteroatoms. The van der Waals surface area contributed by atoms with Crippen LogP contribution in [0.5, 0.6) is 5.75 Å². The predicted molar refractivity (Wildman–Crippen MR) is 80.4 cm³/mol. The van der Waals surface area contributed by atoms with Gasteiger partial charge in [-0.2, -0.15) is 0 Å². The third kappa shape index (κ3) is 5.43. The molecule has 0 radical (unpaired) electrons. The van der Waals surface area contributed by atoms with E-state index in [2.05, 4.69) is 5.32 Å². The van der Waals surface area contributed by atoms with Gasteiger partial charge in [-0.05, 0) is 38.0 Å². The summed E-state index contributed by atoms with van der Waals surface area (Å²) in [6.07, 6.45) is 2.37. The second kappa shape index (κ2) is 7.64. The van der Waals surface area contributed by atoms with E-state index < -0.39 is 5.97 Å². The van der Waals surface area contributed by atoms with E-state index in [0.717, 1.165) is 18.9 Å². The Kier molecular flexibility index (Phi) is 6.17. The lowest BCUT2D eigenvalue weighted by Gasteiger charge is -2.14. The normalized spacial score (nSPS) is 13.5. The fourth-order valence-corrected chi connectivity index (χ4v) is 1.95. The summed E-state index contributed by atoms with van der Waals surface area (Å²) in [5.41, 5.74) is 5.71. The van der Waals surface area contributed by atoms with Crippen molar-refractivity contribution in [3.05, 3.63) is 23.8 Å². The molecular weight excluding hydrogens is 272 g/mol. The monoisotopic (exact) mass is 294 g/mol. The van der Waals surface area contributed by atoms with Crippen LogP contribution < -0.4 is 11.1 Å². The van der Waals surface area contributed by atoms with Crippen molar-refractivity contribution in [3.8, 4) is 5.75 Å². The lowest BCUT2D eigenvalue weighted by Crippen LogP contribution is -2.22. The number of hydrogen-bond donors (Lipinski definition) is 4. The molecule has 0 spiro atoms. The van der Waals surface area contributed by atoms with Crippen LogP contribution in [0.15, 0.2) is 18.2 Å². The summed E-state index contributed by atoms with van der Waals surface area (Å²) in [6.45, 7) is 3.71. The average Bonchev–Trinajstić information content (AvgIpc) is 2.39. The smallest absolute Gasteiger partial charge is 0.337 e. The Morgan fingerprint density at radius 1 is 1.29 bits per heavy atom. The highest BCUT2D eigenvalue weighted by molar-refractivity contribution is 6.01. The van der Waals surface area contributed by atoms with Crippen molar-refractivity contribution in [3.63, 3.8) is 0 Å². The van der Waals surface area contributed by atoms with E-state index in [9.17, 15) is 14.7 Å². The van der Waals surface area contributed by atoms with Gasteiger partial charge < -0.3 is 21.3 Å². The maximum Gasteiger partial charge on any atom is 0.337 e. The van der Waals surface area contributed by atoms with Crippen LogP contribution >= 0.6 is 0 Å². The van der Waals surface area contributed by atoms with Gasteiger partial charge in [0.15, 0.2) is 0 Å². The van der Waals surface area contributed by atoms with Crippen LogP contribution in [-0.4, -0.2) is 28.1 Å². The first-order chi connectivity index (χ1) is 9.81. The van der Waals surface area contributed by atoms with Crippen LogP contribution in [-0.2, 0) is 4.79 Å². The molecule has 5 N–H and O–H groups in total. The summed E-state index contributed by atoms with van der Waals surface area (Å²) in [5.74, 6) is -1.84. The molecule has 116 valence electrons. The first kappa shape index (κ1) is 17.0. The highest BCUT2D eigenvalue weighted by atomic mass is 16.4. The van der Waals surface area contributed by atoms with E-state index in [-0.39, 0.29) is 34.9 Å². The maximum atomic E-state index is 12.1. The maximum absolute atomic E-state index is 12.1. The van der Waals surface area contributed by atoms with Crippen molar-refractivity contribution >= 4 is 17.6 Å². The fraction of sp³-hybridized carbons (Fsp3) is 0.467. The molecule has 0 bridgehead atoms. The molecule has 0 aliphatic carbocycles. The van der Waals surface area contributed by atoms with Crippen molar-refractivity contribution < 1.29 is 19.8 Å². The molecule has 0 heterocycles. The van der Waals surface area contributed by atoms with E-state index in [1.807, 2.05) is 6.92 Å². The van der Waals surface area contributed by atoms with Crippen LogP contribution in [0.2, 0.25) is 0 Å². The van der Waals surface area contributed by atoms with Gasteiger partial charge in [-0.15, -0.1) is 0 Å². The lowest BCUT2D eigenvalue weighted by molar-refractivity contribution is -0.119. The number of carboxylic acids is 1. The number of aromatic hydroxyl groups is 1. The van der Waals surface area contributed by atoms with Crippen molar-refractivity contribution in [1.82, 2.24) is 0 Å². The lowest BCUT2D eigenvalue weighted by atomic mass is 10.0. The largest absolute Gasteiger partial charge is 0.508 e. The molecule has 0 fully saturated rings. The Morgan fingerprint density at radius 3 is 2.52 bits per heavy atom. The minimum absolute atomic E-state index is 0.107. The number of hydrogen-bond acceptors (Lipinski definition) is 4. The molecule has 1 amide bonds. The summed E-state index contributed by atoms with van der Waals surface area (Å²) in [6, 6.07) is 3.93. The van der Waals surface area contributed by atoms with Crippen molar-refractivity contribution in [2.24, 2.45) is 11.7 Å². The molecule has 21 heavy (non-hydrogen) atoms. The number of phenolic OH excluding ortho intramolecular Hbond substituents is 1. The molecule has 6 nitrogen and oxygen atoms in total. The van der Waals surface area contributed by atoms with E-state index in [4.69, 9.17) is 10.8 Å². The van der Waals surface area contributed by atoms with E-state index in [1.165, 1.54) is 12.1 Å². The molecule has 1 aromatic carbocycles. The summed E-state index contributed by atoms with van der Waals surface area (Å²) < 4.78 is 0. The first-order valence-corrected chi connectivity index (χ1v) is 6.94. The Balaban J connectivity index is 2.68. The molecule has 2 unspecified atom stereocenters. The molecular formula is C15H22N2O4. The Labute approximate surface area is 124 Å². The number of rotatable bonds is 7. The van der Waals surface area contributed by atoms with Gasteiger partial charge in [-0.1, -0.05) is 13.3 Å². The van der Waals surface area contributed by atoms with Crippen LogP contribution in [0.3, 0.4) is 0 Å². The second-order valence-electron chi connectivity index (χ2n) is 5.33. The van der Waals surface area contributed by atoms with E-state index in [0.29, 0.717) is 6.42 Å². The number of nitrogens with one attached hydrogen (secondary N) is 1. The highest BCUT2D eigenvalue weighted by Crippen LogP contribution is 2.22. The van der Waals surface area contributed by atoms with Gasteiger partial charge in [-0.25, -0.2) is 4.79 Å². The minimum atomic E-state index is -1.20.